The van der Waals surface area contributed by atoms with Crippen LogP contribution in [0.15, 0.2) is 35.4 Å². The summed E-state index contributed by atoms with van der Waals surface area (Å²) in [7, 11) is 1.64. The van der Waals surface area contributed by atoms with Gasteiger partial charge in [-0.25, -0.2) is 5.43 Å². The number of carbonyl (C=O) groups is 1. The van der Waals surface area contributed by atoms with E-state index in [0.29, 0.717) is 10.8 Å². The van der Waals surface area contributed by atoms with Gasteiger partial charge in [-0.1, -0.05) is 11.6 Å². The minimum absolute atomic E-state index is 0.125. The predicted octanol–water partition coefficient (Wildman–Crippen LogP) is 3.80. The van der Waals surface area contributed by atoms with E-state index < -0.39 is 0 Å². The molecule has 0 aromatic heterocycles. The number of hydrogen-bond donors (Lipinski definition) is 1. The van der Waals surface area contributed by atoms with Gasteiger partial charge in [0.2, 0.25) is 0 Å². The Balaban J connectivity index is 1.91. The van der Waals surface area contributed by atoms with Gasteiger partial charge >= 0.3 is 0 Å². The maximum Gasteiger partial charge on any atom is 0.277 e. The van der Waals surface area contributed by atoms with E-state index >= 15 is 0 Å². The Morgan fingerprint density at radius 3 is 2.56 bits per heavy atom. The van der Waals surface area contributed by atoms with Gasteiger partial charge in [0.05, 0.1) is 13.3 Å². The van der Waals surface area contributed by atoms with Crippen LogP contribution in [-0.2, 0) is 4.79 Å². The third-order valence-electron chi connectivity index (χ3n) is 3.89. The van der Waals surface area contributed by atoms with E-state index in [0.717, 1.165) is 28.0 Å². The number of hydrazone groups is 1. The summed E-state index contributed by atoms with van der Waals surface area (Å²) in [6.07, 6.45) is 1.60. The smallest absolute Gasteiger partial charge is 0.277 e. The minimum Gasteiger partial charge on any atom is -0.496 e. The highest BCUT2D eigenvalue weighted by molar-refractivity contribution is 6.30. The first-order valence-corrected chi connectivity index (χ1v) is 8.15. The van der Waals surface area contributed by atoms with Gasteiger partial charge in [0.25, 0.3) is 5.91 Å². The Labute approximate surface area is 152 Å². The molecule has 0 fully saturated rings. The molecule has 0 aliphatic heterocycles. The van der Waals surface area contributed by atoms with Crippen molar-refractivity contribution in [3.63, 3.8) is 0 Å². The molecule has 25 heavy (non-hydrogen) atoms. The molecule has 5 nitrogen and oxygen atoms in total. The molecular formula is C19H21ClN2O3. The number of nitrogens with one attached hydrogen (secondary N) is 1. The Kier molecular flexibility index (Phi) is 6.42. The number of benzene rings is 2. The Bertz CT molecular complexity index is 803. The summed E-state index contributed by atoms with van der Waals surface area (Å²) in [5, 5.41) is 4.61. The fraction of sp³-hybridized carbons (Fsp3) is 0.263. The van der Waals surface area contributed by atoms with Gasteiger partial charge in [-0.2, -0.15) is 5.10 Å². The van der Waals surface area contributed by atoms with E-state index in [1.54, 1.807) is 31.5 Å². The highest BCUT2D eigenvalue weighted by atomic mass is 35.5. The monoisotopic (exact) mass is 360 g/mol. The van der Waals surface area contributed by atoms with Crippen molar-refractivity contribution in [1.29, 1.82) is 0 Å². The van der Waals surface area contributed by atoms with Crippen molar-refractivity contribution >= 4 is 23.7 Å². The average Bonchev–Trinajstić information content (AvgIpc) is 2.58. The standard InChI is InChI=1S/C19H21ClN2O3/c1-12-9-16(20)6-8-17(12)25-11-19(23)22-21-10-15-5-7-18(24-4)14(3)13(15)2/h5-10H,11H2,1-4H3,(H,22,23). The fourth-order valence-electron chi connectivity index (χ4n) is 2.30. The number of carbonyl (C=O) groups excluding carboxylic acids is 1. The largest absolute Gasteiger partial charge is 0.496 e. The second kappa shape index (κ2) is 8.53. The lowest BCUT2D eigenvalue weighted by Gasteiger charge is -2.10. The van der Waals surface area contributed by atoms with Gasteiger partial charge in [0, 0.05) is 5.02 Å². The lowest BCUT2D eigenvalue weighted by Crippen LogP contribution is -2.24. The SMILES string of the molecule is COc1ccc(C=NNC(=O)COc2ccc(Cl)cc2C)c(C)c1C. The van der Waals surface area contributed by atoms with E-state index in [-0.39, 0.29) is 12.5 Å². The summed E-state index contributed by atoms with van der Waals surface area (Å²) in [5.74, 6) is 1.10. The first kappa shape index (κ1) is 18.8. The number of nitrogens with zero attached hydrogens (tertiary/aromatic N) is 1. The summed E-state index contributed by atoms with van der Waals surface area (Å²) >= 11 is 5.89. The molecular weight excluding hydrogens is 340 g/mol. The van der Waals surface area contributed by atoms with E-state index in [9.17, 15) is 4.79 Å². The average molecular weight is 361 g/mol. The van der Waals surface area contributed by atoms with E-state index in [2.05, 4.69) is 10.5 Å². The van der Waals surface area contributed by atoms with Crippen molar-refractivity contribution in [3.05, 3.63) is 57.6 Å². The molecule has 0 unspecified atom stereocenters. The van der Waals surface area contributed by atoms with Crippen LogP contribution in [-0.4, -0.2) is 25.8 Å². The van der Waals surface area contributed by atoms with Crippen molar-refractivity contribution in [3.8, 4) is 11.5 Å². The predicted molar refractivity (Wildman–Crippen MR) is 99.9 cm³/mol. The minimum atomic E-state index is -0.339. The van der Waals surface area contributed by atoms with Gasteiger partial charge < -0.3 is 9.47 Å². The van der Waals surface area contributed by atoms with Crippen LogP contribution in [0.5, 0.6) is 11.5 Å². The maximum atomic E-state index is 11.8. The molecule has 1 N–H and O–H groups in total. The zero-order valence-corrected chi connectivity index (χ0v) is 15.5. The lowest BCUT2D eigenvalue weighted by molar-refractivity contribution is -0.123. The van der Waals surface area contributed by atoms with Crippen LogP contribution in [0.1, 0.15) is 22.3 Å². The molecule has 2 aromatic carbocycles. The summed E-state index contributed by atoms with van der Waals surface area (Å²) in [4.78, 5) is 11.8. The lowest BCUT2D eigenvalue weighted by atomic mass is 10.0. The van der Waals surface area contributed by atoms with Crippen LogP contribution in [0, 0.1) is 20.8 Å². The quantitative estimate of drug-likeness (QED) is 0.629. The molecule has 0 aliphatic rings. The van der Waals surface area contributed by atoms with E-state index in [1.165, 1.54) is 0 Å². The summed E-state index contributed by atoms with van der Waals surface area (Å²) < 4.78 is 10.7. The van der Waals surface area contributed by atoms with Crippen LogP contribution in [0.25, 0.3) is 0 Å². The molecule has 0 atom stereocenters. The summed E-state index contributed by atoms with van der Waals surface area (Å²) in [6, 6.07) is 9.00. The third kappa shape index (κ3) is 4.97. The van der Waals surface area contributed by atoms with E-state index in [1.807, 2.05) is 32.9 Å². The molecule has 6 heteroatoms. The van der Waals surface area contributed by atoms with Gasteiger partial charge in [-0.3, -0.25) is 4.79 Å². The first-order valence-electron chi connectivity index (χ1n) is 7.77. The van der Waals surface area contributed by atoms with Crippen LogP contribution in [0.2, 0.25) is 5.02 Å². The second-order valence-electron chi connectivity index (χ2n) is 5.60. The maximum absolute atomic E-state index is 11.8. The van der Waals surface area contributed by atoms with Crippen LogP contribution < -0.4 is 14.9 Å². The molecule has 0 bridgehead atoms. The number of aryl methyl sites for hydroxylation is 1. The Morgan fingerprint density at radius 2 is 1.88 bits per heavy atom. The number of hydrogen-bond acceptors (Lipinski definition) is 4. The second-order valence-corrected chi connectivity index (χ2v) is 6.04. The highest BCUT2D eigenvalue weighted by Crippen LogP contribution is 2.23. The molecule has 0 saturated carbocycles. The van der Waals surface area contributed by atoms with Gasteiger partial charge in [-0.15, -0.1) is 0 Å². The number of methoxy groups -OCH3 is 1. The molecule has 0 aliphatic carbocycles. The topological polar surface area (TPSA) is 59.9 Å². The Hall–Kier alpha value is -2.53. The molecule has 2 rings (SSSR count). The zero-order valence-electron chi connectivity index (χ0n) is 14.7. The fourth-order valence-corrected chi connectivity index (χ4v) is 2.53. The van der Waals surface area contributed by atoms with Crippen molar-refractivity contribution in [2.75, 3.05) is 13.7 Å². The van der Waals surface area contributed by atoms with Gasteiger partial charge in [-0.05, 0) is 73.4 Å². The van der Waals surface area contributed by atoms with Crippen molar-refractivity contribution in [2.24, 2.45) is 5.10 Å². The molecule has 0 radical (unpaired) electrons. The molecule has 0 saturated heterocycles. The van der Waals surface area contributed by atoms with Gasteiger partial charge in [0.1, 0.15) is 11.5 Å². The van der Waals surface area contributed by atoms with Crippen LogP contribution >= 0.6 is 11.6 Å². The van der Waals surface area contributed by atoms with Crippen LogP contribution in [0.4, 0.5) is 0 Å². The number of amides is 1. The molecule has 0 spiro atoms. The number of rotatable bonds is 6. The first-order chi connectivity index (χ1) is 11.9. The van der Waals surface area contributed by atoms with Crippen molar-refractivity contribution in [2.45, 2.75) is 20.8 Å². The highest BCUT2D eigenvalue weighted by Gasteiger charge is 2.06. The van der Waals surface area contributed by atoms with E-state index in [4.69, 9.17) is 21.1 Å². The summed E-state index contributed by atoms with van der Waals surface area (Å²) in [5.41, 5.74) is 6.32. The van der Waals surface area contributed by atoms with Crippen molar-refractivity contribution < 1.29 is 14.3 Å². The Morgan fingerprint density at radius 1 is 1.16 bits per heavy atom. The zero-order chi connectivity index (χ0) is 18.4. The molecule has 0 heterocycles. The molecule has 2 aromatic rings. The summed E-state index contributed by atoms with van der Waals surface area (Å²) in [6.45, 7) is 5.70. The van der Waals surface area contributed by atoms with Gasteiger partial charge in [0.15, 0.2) is 6.61 Å². The number of halogens is 1. The van der Waals surface area contributed by atoms with Crippen molar-refractivity contribution in [1.82, 2.24) is 5.43 Å². The normalized spacial score (nSPS) is 10.8. The molecule has 1 amide bonds. The third-order valence-corrected chi connectivity index (χ3v) is 4.12. The van der Waals surface area contributed by atoms with Crippen LogP contribution in [0.3, 0.4) is 0 Å². The number of ether oxygens (including phenoxy) is 2. The molecule has 132 valence electrons.